The summed E-state index contributed by atoms with van der Waals surface area (Å²) in [6, 6.07) is 6.21. The first-order valence-corrected chi connectivity index (χ1v) is 11.4. The van der Waals surface area contributed by atoms with Gasteiger partial charge < -0.3 is 9.42 Å². The summed E-state index contributed by atoms with van der Waals surface area (Å²) in [6.07, 6.45) is 5.64. The maximum Gasteiger partial charge on any atom is 0.254 e. The van der Waals surface area contributed by atoms with Crippen molar-refractivity contribution in [3.8, 4) is 0 Å². The van der Waals surface area contributed by atoms with Crippen LogP contribution in [-0.2, 0) is 23.0 Å². The smallest absolute Gasteiger partial charge is 0.254 e. The minimum absolute atomic E-state index is 0.0149. The van der Waals surface area contributed by atoms with Crippen molar-refractivity contribution in [3.63, 3.8) is 0 Å². The van der Waals surface area contributed by atoms with Gasteiger partial charge in [0.2, 0.25) is 15.9 Å². The van der Waals surface area contributed by atoms with Crippen LogP contribution in [0.25, 0.3) is 0 Å². The van der Waals surface area contributed by atoms with Crippen molar-refractivity contribution in [3.05, 3.63) is 41.5 Å². The molecule has 9 heteroatoms. The van der Waals surface area contributed by atoms with Gasteiger partial charge >= 0.3 is 0 Å². The molecule has 0 spiro atoms. The highest BCUT2D eigenvalue weighted by Gasteiger charge is 2.29. The van der Waals surface area contributed by atoms with E-state index >= 15 is 0 Å². The number of sulfonamides is 1. The number of amides is 1. The van der Waals surface area contributed by atoms with E-state index in [0.717, 1.165) is 32.1 Å². The Bertz CT molecular complexity index is 951. The molecule has 3 rings (SSSR count). The predicted octanol–water partition coefficient (Wildman–Crippen LogP) is 2.86. The standard InChI is InChI=1S/C20H28N4O4S/c1-4-18-21-19(28-22-18)14-23(2)20(25)15-9-8-12-17(13-15)29(26,27)24(3)16-10-6-5-7-11-16/h8-9,12-13,16H,4-7,10-11,14H2,1-3H3. The molecular weight excluding hydrogens is 392 g/mol. The molecule has 1 saturated carbocycles. The van der Waals surface area contributed by atoms with Crippen molar-refractivity contribution < 1.29 is 17.7 Å². The van der Waals surface area contributed by atoms with Gasteiger partial charge in [-0.05, 0) is 31.0 Å². The molecule has 1 aromatic heterocycles. The van der Waals surface area contributed by atoms with E-state index in [1.807, 2.05) is 6.92 Å². The summed E-state index contributed by atoms with van der Waals surface area (Å²) in [5, 5.41) is 3.82. The number of hydrogen-bond donors (Lipinski definition) is 0. The minimum Gasteiger partial charge on any atom is -0.337 e. The van der Waals surface area contributed by atoms with E-state index in [1.54, 1.807) is 26.2 Å². The van der Waals surface area contributed by atoms with Crippen LogP contribution in [0.1, 0.15) is 61.1 Å². The molecule has 0 atom stereocenters. The summed E-state index contributed by atoms with van der Waals surface area (Å²) in [6.45, 7) is 2.07. The van der Waals surface area contributed by atoms with Gasteiger partial charge in [0.05, 0.1) is 11.4 Å². The molecule has 0 unspecified atom stereocenters. The monoisotopic (exact) mass is 420 g/mol. The Kier molecular flexibility index (Phi) is 6.69. The van der Waals surface area contributed by atoms with Crippen LogP contribution in [0.5, 0.6) is 0 Å². The average molecular weight is 421 g/mol. The molecule has 1 aromatic carbocycles. The summed E-state index contributed by atoms with van der Waals surface area (Å²) in [4.78, 5) is 18.6. The lowest BCUT2D eigenvalue weighted by molar-refractivity contribution is 0.0769. The number of hydrogen-bond acceptors (Lipinski definition) is 6. The van der Waals surface area contributed by atoms with E-state index in [1.165, 1.54) is 21.3 Å². The molecule has 0 N–H and O–H groups in total. The summed E-state index contributed by atoms with van der Waals surface area (Å²) < 4.78 is 32.7. The van der Waals surface area contributed by atoms with Crippen LogP contribution in [0.4, 0.5) is 0 Å². The van der Waals surface area contributed by atoms with Gasteiger partial charge in [0.25, 0.3) is 5.91 Å². The lowest BCUT2D eigenvalue weighted by Gasteiger charge is -2.30. The van der Waals surface area contributed by atoms with Crippen LogP contribution in [0.3, 0.4) is 0 Å². The summed E-state index contributed by atoms with van der Waals surface area (Å²) in [5.74, 6) is 0.622. The topological polar surface area (TPSA) is 96.6 Å². The van der Waals surface area contributed by atoms with Gasteiger partial charge in [0.15, 0.2) is 5.82 Å². The molecule has 1 amide bonds. The van der Waals surface area contributed by atoms with Gasteiger partial charge in [-0.3, -0.25) is 4.79 Å². The number of carbonyl (C=O) groups is 1. The second kappa shape index (κ2) is 9.04. The van der Waals surface area contributed by atoms with Crippen LogP contribution < -0.4 is 0 Å². The SMILES string of the molecule is CCc1noc(CN(C)C(=O)c2cccc(S(=O)(=O)N(C)C3CCCCC3)c2)n1. The number of aromatic nitrogens is 2. The van der Waals surface area contributed by atoms with Gasteiger partial charge in [-0.15, -0.1) is 0 Å². The third-order valence-corrected chi connectivity index (χ3v) is 7.30. The highest BCUT2D eigenvalue weighted by Crippen LogP contribution is 2.27. The molecule has 0 aliphatic heterocycles. The fourth-order valence-corrected chi connectivity index (χ4v) is 5.05. The quantitative estimate of drug-likeness (QED) is 0.683. The molecule has 1 fully saturated rings. The highest BCUT2D eigenvalue weighted by atomic mass is 32.2. The molecule has 1 aliphatic carbocycles. The van der Waals surface area contributed by atoms with Crippen molar-refractivity contribution in [1.82, 2.24) is 19.3 Å². The number of rotatable bonds is 7. The van der Waals surface area contributed by atoms with Gasteiger partial charge in [0, 0.05) is 32.1 Å². The Balaban J connectivity index is 1.76. The molecule has 8 nitrogen and oxygen atoms in total. The molecule has 1 aliphatic rings. The average Bonchev–Trinajstić information content (AvgIpc) is 3.20. The molecule has 2 aromatic rings. The number of carbonyl (C=O) groups excluding carboxylic acids is 1. The van der Waals surface area contributed by atoms with Crippen LogP contribution in [0, 0.1) is 0 Å². The lowest BCUT2D eigenvalue weighted by atomic mass is 9.96. The number of benzene rings is 1. The zero-order valence-corrected chi connectivity index (χ0v) is 18.0. The maximum absolute atomic E-state index is 13.1. The molecule has 0 radical (unpaired) electrons. The summed E-state index contributed by atoms with van der Waals surface area (Å²) in [5.41, 5.74) is 0.306. The molecule has 0 saturated heterocycles. The van der Waals surface area contributed by atoms with Crippen LogP contribution >= 0.6 is 0 Å². The molecule has 29 heavy (non-hydrogen) atoms. The predicted molar refractivity (Wildman–Crippen MR) is 108 cm³/mol. The first-order valence-electron chi connectivity index (χ1n) is 9.98. The molecular formula is C20H28N4O4S. The largest absolute Gasteiger partial charge is 0.337 e. The van der Waals surface area contributed by atoms with Crippen LogP contribution in [0.2, 0.25) is 0 Å². The van der Waals surface area contributed by atoms with Gasteiger partial charge in [-0.25, -0.2) is 8.42 Å². The Morgan fingerprint density at radius 1 is 1.21 bits per heavy atom. The van der Waals surface area contributed by atoms with E-state index in [0.29, 0.717) is 23.7 Å². The maximum atomic E-state index is 13.1. The highest BCUT2D eigenvalue weighted by molar-refractivity contribution is 7.89. The lowest BCUT2D eigenvalue weighted by Crippen LogP contribution is -2.38. The van der Waals surface area contributed by atoms with Crippen LogP contribution in [0.15, 0.2) is 33.7 Å². The zero-order valence-electron chi connectivity index (χ0n) is 17.2. The van der Waals surface area contributed by atoms with Crippen molar-refractivity contribution >= 4 is 15.9 Å². The van der Waals surface area contributed by atoms with Crippen molar-refractivity contribution in [2.24, 2.45) is 0 Å². The van der Waals surface area contributed by atoms with E-state index in [-0.39, 0.29) is 23.4 Å². The first kappa shape index (κ1) is 21.4. The van der Waals surface area contributed by atoms with Gasteiger partial charge in [0.1, 0.15) is 0 Å². The van der Waals surface area contributed by atoms with Gasteiger partial charge in [-0.2, -0.15) is 9.29 Å². The third kappa shape index (κ3) is 4.84. The normalized spacial score (nSPS) is 15.6. The fourth-order valence-electron chi connectivity index (χ4n) is 3.59. The third-order valence-electron chi connectivity index (χ3n) is 5.39. The molecule has 0 bridgehead atoms. The van der Waals surface area contributed by atoms with Crippen molar-refractivity contribution in [1.29, 1.82) is 0 Å². The first-order chi connectivity index (χ1) is 13.8. The van der Waals surface area contributed by atoms with E-state index in [9.17, 15) is 13.2 Å². The second-order valence-electron chi connectivity index (χ2n) is 7.46. The van der Waals surface area contributed by atoms with Gasteiger partial charge in [-0.1, -0.05) is 37.4 Å². The van der Waals surface area contributed by atoms with Crippen LogP contribution in [-0.4, -0.2) is 53.8 Å². The van der Waals surface area contributed by atoms with E-state index in [4.69, 9.17) is 4.52 Å². The molecule has 158 valence electrons. The number of aryl methyl sites for hydroxylation is 1. The fraction of sp³-hybridized carbons (Fsp3) is 0.550. The Morgan fingerprint density at radius 3 is 2.59 bits per heavy atom. The van der Waals surface area contributed by atoms with E-state index in [2.05, 4.69) is 10.1 Å². The van der Waals surface area contributed by atoms with Crippen molar-refractivity contribution in [2.75, 3.05) is 14.1 Å². The molecule has 1 heterocycles. The van der Waals surface area contributed by atoms with Crippen molar-refractivity contribution in [2.45, 2.75) is 62.9 Å². The Hall–Kier alpha value is -2.26. The number of nitrogens with zero attached hydrogens (tertiary/aromatic N) is 4. The second-order valence-corrected chi connectivity index (χ2v) is 9.46. The minimum atomic E-state index is -3.66. The summed E-state index contributed by atoms with van der Waals surface area (Å²) in [7, 11) is -0.407. The zero-order chi connectivity index (χ0) is 21.0. The van der Waals surface area contributed by atoms with E-state index < -0.39 is 10.0 Å². The Labute approximate surface area is 171 Å². The summed E-state index contributed by atoms with van der Waals surface area (Å²) >= 11 is 0. The Morgan fingerprint density at radius 2 is 1.93 bits per heavy atom.